The number of halogens is 2. The van der Waals surface area contributed by atoms with Crippen molar-refractivity contribution >= 4 is 52.9 Å². The summed E-state index contributed by atoms with van der Waals surface area (Å²) in [5.74, 6) is -1.65. The number of methoxy groups -OCH3 is 1. The molecule has 3 aromatic rings. The second-order valence-electron chi connectivity index (χ2n) is 6.47. The first-order valence-electron chi connectivity index (χ1n) is 9.41. The number of amides is 2. The molecule has 2 amide bonds. The van der Waals surface area contributed by atoms with Crippen molar-refractivity contribution in [2.45, 2.75) is 0 Å². The van der Waals surface area contributed by atoms with Gasteiger partial charge in [-0.1, -0.05) is 35.3 Å². The molecule has 33 heavy (non-hydrogen) atoms. The summed E-state index contributed by atoms with van der Waals surface area (Å²) in [6, 6.07) is 17.3. The van der Waals surface area contributed by atoms with E-state index in [1.165, 1.54) is 37.6 Å². The molecule has 0 bridgehead atoms. The van der Waals surface area contributed by atoms with Crippen molar-refractivity contribution in [2.75, 3.05) is 12.4 Å². The molecule has 0 aromatic heterocycles. The maximum Gasteiger partial charge on any atom is 0.345 e. The summed E-state index contributed by atoms with van der Waals surface area (Å²) in [5, 5.41) is 6.76. The molecule has 10 heteroatoms. The maximum atomic E-state index is 12.3. The number of anilines is 1. The molecule has 168 valence electrons. The molecule has 3 rings (SSSR count). The molecule has 8 nitrogen and oxygen atoms in total. The summed E-state index contributed by atoms with van der Waals surface area (Å²) in [4.78, 5) is 36.2. The third-order valence-electron chi connectivity index (χ3n) is 4.15. The molecule has 0 radical (unpaired) electrons. The van der Waals surface area contributed by atoms with Gasteiger partial charge in [0.05, 0.1) is 23.9 Å². The number of hydrogen-bond donors (Lipinski definition) is 2. The van der Waals surface area contributed by atoms with Crippen LogP contribution in [-0.2, 0) is 9.59 Å². The van der Waals surface area contributed by atoms with Crippen LogP contribution in [0.3, 0.4) is 0 Å². The third-order valence-corrected chi connectivity index (χ3v) is 4.70. The Hall–Kier alpha value is -3.88. The van der Waals surface area contributed by atoms with Gasteiger partial charge in [0.2, 0.25) is 0 Å². The lowest BCUT2D eigenvalue weighted by molar-refractivity contribution is -0.136. The molecule has 0 saturated carbocycles. The molecule has 3 aromatic carbocycles. The van der Waals surface area contributed by atoms with Gasteiger partial charge < -0.3 is 14.8 Å². The fourth-order valence-corrected chi connectivity index (χ4v) is 3.04. The van der Waals surface area contributed by atoms with Gasteiger partial charge in [0.1, 0.15) is 11.5 Å². The highest BCUT2D eigenvalue weighted by Gasteiger charge is 2.14. The van der Waals surface area contributed by atoms with Gasteiger partial charge in [-0.3, -0.25) is 9.59 Å². The van der Waals surface area contributed by atoms with E-state index in [9.17, 15) is 14.4 Å². The number of nitrogens with zero attached hydrogens (tertiary/aromatic N) is 1. The van der Waals surface area contributed by atoms with Crippen LogP contribution in [0.1, 0.15) is 15.9 Å². The number of benzene rings is 3. The SMILES string of the molecule is COc1ccc(NC(=O)C(=O)N/N=C\c2cccc(OC(=O)c3ccc(Cl)cc3Cl)c2)cc1. The van der Waals surface area contributed by atoms with E-state index < -0.39 is 17.8 Å². The Morgan fingerprint density at radius 2 is 1.67 bits per heavy atom. The minimum atomic E-state index is -0.956. The van der Waals surface area contributed by atoms with Crippen LogP contribution in [0.25, 0.3) is 0 Å². The molecule has 0 spiro atoms. The fraction of sp³-hybridized carbons (Fsp3) is 0.0435. The van der Waals surface area contributed by atoms with E-state index in [1.54, 1.807) is 42.5 Å². The van der Waals surface area contributed by atoms with Crippen LogP contribution < -0.4 is 20.2 Å². The van der Waals surface area contributed by atoms with Gasteiger partial charge in [-0.25, -0.2) is 10.2 Å². The van der Waals surface area contributed by atoms with Crippen LogP contribution in [0.2, 0.25) is 10.0 Å². The lowest BCUT2D eigenvalue weighted by Crippen LogP contribution is -2.32. The highest BCUT2D eigenvalue weighted by atomic mass is 35.5. The van der Waals surface area contributed by atoms with Gasteiger partial charge in [0, 0.05) is 10.7 Å². The Bertz CT molecular complexity index is 1210. The van der Waals surface area contributed by atoms with Crippen LogP contribution in [0.5, 0.6) is 11.5 Å². The molecule has 0 aliphatic heterocycles. The molecule has 0 heterocycles. The smallest absolute Gasteiger partial charge is 0.345 e. The minimum Gasteiger partial charge on any atom is -0.497 e. The zero-order valence-corrected chi connectivity index (χ0v) is 18.7. The summed E-state index contributed by atoms with van der Waals surface area (Å²) in [7, 11) is 1.52. The summed E-state index contributed by atoms with van der Waals surface area (Å²) in [6.07, 6.45) is 1.30. The van der Waals surface area contributed by atoms with Crippen LogP contribution in [0.15, 0.2) is 71.8 Å². The normalized spacial score (nSPS) is 10.5. The second-order valence-corrected chi connectivity index (χ2v) is 7.31. The average Bonchev–Trinajstić information content (AvgIpc) is 2.79. The number of hydrogen-bond acceptors (Lipinski definition) is 6. The van der Waals surface area contributed by atoms with E-state index in [0.29, 0.717) is 22.0 Å². The van der Waals surface area contributed by atoms with Gasteiger partial charge in [-0.15, -0.1) is 0 Å². The van der Waals surface area contributed by atoms with E-state index in [-0.39, 0.29) is 16.3 Å². The van der Waals surface area contributed by atoms with E-state index in [2.05, 4.69) is 15.8 Å². The lowest BCUT2D eigenvalue weighted by atomic mass is 10.2. The largest absolute Gasteiger partial charge is 0.497 e. The van der Waals surface area contributed by atoms with Crippen LogP contribution in [0.4, 0.5) is 5.69 Å². The zero-order valence-electron chi connectivity index (χ0n) is 17.2. The van der Waals surface area contributed by atoms with Crippen molar-refractivity contribution in [3.63, 3.8) is 0 Å². The van der Waals surface area contributed by atoms with Crippen molar-refractivity contribution in [3.8, 4) is 11.5 Å². The lowest BCUT2D eigenvalue weighted by Gasteiger charge is -2.07. The van der Waals surface area contributed by atoms with Gasteiger partial charge in [-0.05, 0) is 60.2 Å². The number of ether oxygens (including phenoxy) is 2. The molecule has 0 fully saturated rings. The molecule has 0 unspecified atom stereocenters. The standard InChI is InChI=1S/C23H17Cl2N3O5/c1-32-17-8-6-16(7-9-17)27-21(29)22(30)28-26-13-14-3-2-4-18(11-14)33-23(31)19-10-5-15(24)12-20(19)25/h2-13H,1H3,(H,27,29)(H,28,30)/b26-13-. The quantitative estimate of drug-likeness (QED) is 0.178. The van der Waals surface area contributed by atoms with Gasteiger partial charge in [-0.2, -0.15) is 5.10 Å². The molecular weight excluding hydrogens is 469 g/mol. The Morgan fingerprint density at radius 3 is 2.36 bits per heavy atom. The maximum absolute atomic E-state index is 12.3. The van der Waals surface area contributed by atoms with Crippen LogP contribution in [0, 0.1) is 0 Å². The topological polar surface area (TPSA) is 106 Å². The van der Waals surface area contributed by atoms with Crippen LogP contribution >= 0.6 is 23.2 Å². The van der Waals surface area contributed by atoms with Crippen molar-refractivity contribution in [2.24, 2.45) is 5.10 Å². The fourth-order valence-electron chi connectivity index (χ4n) is 2.55. The summed E-state index contributed by atoms with van der Waals surface area (Å²) >= 11 is 11.9. The van der Waals surface area contributed by atoms with Crippen molar-refractivity contribution in [3.05, 3.63) is 87.9 Å². The van der Waals surface area contributed by atoms with E-state index >= 15 is 0 Å². The number of nitrogens with one attached hydrogen (secondary N) is 2. The first-order chi connectivity index (χ1) is 15.9. The number of rotatable bonds is 6. The third kappa shape index (κ3) is 6.80. The van der Waals surface area contributed by atoms with Crippen molar-refractivity contribution in [1.29, 1.82) is 0 Å². The minimum absolute atomic E-state index is 0.162. The Kier molecular flexibility index (Phi) is 8.01. The van der Waals surface area contributed by atoms with E-state index in [4.69, 9.17) is 32.7 Å². The van der Waals surface area contributed by atoms with Crippen LogP contribution in [-0.4, -0.2) is 31.1 Å². The van der Waals surface area contributed by atoms with Gasteiger partial charge in [0.15, 0.2) is 0 Å². The van der Waals surface area contributed by atoms with E-state index in [1.807, 2.05) is 0 Å². The Labute approximate surface area is 199 Å². The first-order valence-corrected chi connectivity index (χ1v) is 10.2. The number of hydrazone groups is 1. The highest BCUT2D eigenvalue weighted by molar-refractivity contribution is 6.39. The zero-order chi connectivity index (χ0) is 23.8. The molecule has 0 aliphatic rings. The highest BCUT2D eigenvalue weighted by Crippen LogP contribution is 2.23. The summed E-state index contributed by atoms with van der Waals surface area (Å²) in [5.41, 5.74) is 3.23. The Balaban J connectivity index is 1.56. The predicted octanol–water partition coefficient (Wildman–Crippen LogP) is 4.31. The summed E-state index contributed by atoms with van der Waals surface area (Å²) < 4.78 is 10.4. The second kappa shape index (κ2) is 11.1. The van der Waals surface area contributed by atoms with Gasteiger partial charge in [0.25, 0.3) is 0 Å². The van der Waals surface area contributed by atoms with Crippen molar-refractivity contribution in [1.82, 2.24) is 5.43 Å². The number of carbonyl (C=O) groups is 3. The summed E-state index contributed by atoms with van der Waals surface area (Å²) in [6.45, 7) is 0. The molecule has 2 N–H and O–H groups in total. The molecule has 0 saturated heterocycles. The number of esters is 1. The Morgan fingerprint density at radius 1 is 0.909 bits per heavy atom. The molecule has 0 atom stereocenters. The van der Waals surface area contributed by atoms with Gasteiger partial charge >= 0.3 is 17.8 Å². The number of carbonyl (C=O) groups excluding carboxylic acids is 3. The average molecular weight is 486 g/mol. The van der Waals surface area contributed by atoms with Crippen molar-refractivity contribution < 1.29 is 23.9 Å². The monoisotopic (exact) mass is 485 g/mol. The van der Waals surface area contributed by atoms with E-state index in [0.717, 1.165) is 0 Å². The predicted molar refractivity (Wildman–Crippen MR) is 125 cm³/mol. The molecular formula is C23H17Cl2N3O5. The first kappa shape index (κ1) is 23.8. The molecule has 0 aliphatic carbocycles.